The number of hydrogen-bond acceptors (Lipinski definition) is 0. The Hall–Kier alpha value is -1.56. The van der Waals surface area contributed by atoms with Crippen LogP contribution in [-0.2, 0) is 6.42 Å². The molecule has 2 aromatic carbocycles. The van der Waals surface area contributed by atoms with Gasteiger partial charge in [0.15, 0.2) is 0 Å². The molecule has 0 radical (unpaired) electrons. The van der Waals surface area contributed by atoms with Crippen LogP contribution in [0.15, 0.2) is 54.6 Å². The van der Waals surface area contributed by atoms with Crippen molar-refractivity contribution in [3.05, 3.63) is 71.3 Å². The van der Waals surface area contributed by atoms with Gasteiger partial charge >= 0.3 is 0 Å². The first kappa shape index (κ1) is 12.5. The highest BCUT2D eigenvalue weighted by Crippen LogP contribution is 2.38. The van der Waals surface area contributed by atoms with E-state index in [0.29, 0.717) is 5.92 Å². The second-order valence-corrected chi connectivity index (χ2v) is 5.71. The van der Waals surface area contributed by atoms with E-state index in [1.165, 1.54) is 31.2 Å². The fraction of sp³-hybridized carbons (Fsp3) is 0.368. The van der Waals surface area contributed by atoms with Crippen LogP contribution in [0.4, 0.5) is 0 Å². The first-order valence-electron chi connectivity index (χ1n) is 7.51. The highest BCUT2D eigenvalue weighted by Gasteiger charge is 2.24. The molecular weight excluding hydrogens is 228 g/mol. The Morgan fingerprint density at radius 3 is 2.47 bits per heavy atom. The van der Waals surface area contributed by atoms with Crippen LogP contribution in [0.3, 0.4) is 0 Å². The molecule has 0 bridgehead atoms. The van der Waals surface area contributed by atoms with Crippen molar-refractivity contribution < 1.29 is 0 Å². The monoisotopic (exact) mass is 250 g/mol. The molecule has 2 atom stereocenters. The molecule has 0 amide bonds. The van der Waals surface area contributed by atoms with Gasteiger partial charge in [-0.2, -0.15) is 0 Å². The first-order valence-corrected chi connectivity index (χ1v) is 7.51. The summed E-state index contributed by atoms with van der Waals surface area (Å²) < 4.78 is 0. The summed E-state index contributed by atoms with van der Waals surface area (Å²) in [5.74, 6) is 1.45. The Morgan fingerprint density at radius 2 is 1.68 bits per heavy atom. The van der Waals surface area contributed by atoms with E-state index in [-0.39, 0.29) is 0 Å². The third kappa shape index (κ3) is 2.58. The zero-order valence-corrected chi connectivity index (χ0v) is 11.7. The molecular formula is C19H22. The van der Waals surface area contributed by atoms with Gasteiger partial charge in [-0.25, -0.2) is 0 Å². The lowest BCUT2D eigenvalue weighted by Crippen LogP contribution is -2.06. The number of aryl methyl sites for hydroxylation is 1. The predicted octanol–water partition coefficient (Wildman–Crippen LogP) is 5.18. The van der Waals surface area contributed by atoms with Gasteiger partial charge in [-0.05, 0) is 41.9 Å². The van der Waals surface area contributed by atoms with Crippen LogP contribution in [0, 0.1) is 5.92 Å². The second kappa shape index (κ2) is 5.61. The van der Waals surface area contributed by atoms with E-state index < -0.39 is 0 Å². The minimum atomic E-state index is 0.588. The van der Waals surface area contributed by atoms with Gasteiger partial charge in [0.25, 0.3) is 0 Å². The summed E-state index contributed by atoms with van der Waals surface area (Å²) >= 11 is 0. The van der Waals surface area contributed by atoms with E-state index in [9.17, 15) is 0 Å². The largest absolute Gasteiger partial charge is 0.0651 e. The van der Waals surface area contributed by atoms with E-state index in [0.717, 1.165) is 5.92 Å². The molecule has 0 unspecified atom stereocenters. The molecule has 0 fully saturated rings. The Kier molecular flexibility index (Phi) is 3.68. The van der Waals surface area contributed by atoms with Crippen molar-refractivity contribution >= 4 is 0 Å². The third-order valence-electron chi connectivity index (χ3n) is 4.60. The molecule has 3 rings (SSSR count). The average molecular weight is 250 g/mol. The minimum Gasteiger partial charge on any atom is -0.0651 e. The van der Waals surface area contributed by atoms with Crippen LogP contribution in [0.25, 0.3) is 0 Å². The number of hydrogen-bond donors (Lipinski definition) is 0. The summed E-state index contributed by atoms with van der Waals surface area (Å²) in [4.78, 5) is 0. The third-order valence-corrected chi connectivity index (χ3v) is 4.60. The molecule has 0 N–H and O–H groups in total. The van der Waals surface area contributed by atoms with E-state index in [1.807, 2.05) is 0 Å². The molecule has 2 aromatic rings. The van der Waals surface area contributed by atoms with Gasteiger partial charge < -0.3 is 0 Å². The molecule has 0 saturated carbocycles. The number of rotatable bonds is 2. The van der Waals surface area contributed by atoms with E-state index in [2.05, 4.69) is 61.5 Å². The maximum absolute atomic E-state index is 2.34. The molecule has 0 nitrogen and oxygen atoms in total. The van der Waals surface area contributed by atoms with E-state index in [1.54, 1.807) is 11.1 Å². The molecule has 0 aromatic heterocycles. The highest BCUT2D eigenvalue weighted by atomic mass is 14.3. The second-order valence-electron chi connectivity index (χ2n) is 5.71. The Balaban J connectivity index is 2.04. The Labute approximate surface area is 116 Å². The van der Waals surface area contributed by atoms with Crippen LogP contribution in [0.5, 0.6) is 0 Å². The standard InChI is InChI=1S/C19H22/c1-2-15-12-13-17-10-6-7-11-18(17)19(14-15)16-8-4-3-5-9-16/h3-11,15,19H,2,12-14H2,1H3/t15-,19+/m1/s1. The van der Waals surface area contributed by atoms with Crippen molar-refractivity contribution in [2.24, 2.45) is 5.92 Å². The van der Waals surface area contributed by atoms with Gasteiger partial charge in [0.2, 0.25) is 0 Å². The summed E-state index contributed by atoms with van der Waals surface area (Å²) in [7, 11) is 0. The minimum absolute atomic E-state index is 0.588. The van der Waals surface area contributed by atoms with Gasteiger partial charge in [0, 0.05) is 5.92 Å². The van der Waals surface area contributed by atoms with Gasteiger partial charge in [-0.3, -0.25) is 0 Å². The maximum atomic E-state index is 2.34. The lowest BCUT2D eigenvalue weighted by atomic mass is 9.83. The SMILES string of the molecule is CC[C@@H]1CCc2ccccc2[C@H](c2ccccc2)C1. The van der Waals surface area contributed by atoms with Crippen LogP contribution in [0.2, 0.25) is 0 Å². The zero-order valence-electron chi connectivity index (χ0n) is 11.7. The molecule has 98 valence electrons. The predicted molar refractivity (Wildman–Crippen MR) is 81.4 cm³/mol. The van der Waals surface area contributed by atoms with Crippen molar-refractivity contribution in [2.45, 2.75) is 38.5 Å². The Morgan fingerprint density at radius 1 is 0.947 bits per heavy atom. The van der Waals surface area contributed by atoms with Gasteiger partial charge in [-0.1, -0.05) is 67.9 Å². The number of benzene rings is 2. The molecule has 0 saturated heterocycles. The number of fused-ring (bicyclic) bond motifs is 1. The van der Waals surface area contributed by atoms with Crippen molar-refractivity contribution in [1.82, 2.24) is 0 Å². The summed E-state index contributed by atoms with van der Waals surface area (Å²) in [6.07, 6.45) is 5.20. The van der Waals surface area contributed by atoms with Crippen molar-refractivity contribution in [3.63, 3.8) is 0 Å². The molecule has 19 heavy (non-hydrogen) atoms. The summed E-state index contributed by atoms with van der Waals surface area (Å²) in [6.45, 7) is 2.34. The zero-order chi connectivity index (χ0) is 13.1. The molecule has 1 aliphatic carbocycles. The van der Waals surface area contributed by atoms with Gasteiger partial charge in [0.1, 0.15) is 0 Å². The fourth-order valence-corrected chi connectivity index (χ4v) is 3.41. The molecule has 0 heteroatoms. The smallest absolute Gasteiger partial charge is 0.00947 e. The molecule has 0 aliphatic heterocycles. The molecule has 0 heterocycles. The lowest BCUT2D eigenvalue weighted by Gasteiger charge is -2.21. The molecule has 0 spiro atoms. The van der Waals surface area contributed by atoms with Crippen LogP contribution >= 0.6 is 0 Å². The van der Waals surface area contributed by atoms with Crippen molar-refractivity contribution in [2.75, 3.05) is 0 Å². The highest BCUT2D eigenvalue weighted by molar-refractivity contribution is 5.39. The summed E-state index contributed by atoms with van der Waals surface area (Å²) in [6, 6.07) is 20.1. The first-order chi connectivity index (χ1) is 9.38. The van der Waals surface area contributed by atoms with Crippen LogP contribution < -0.4 is 0 Å². The topological polar surface area (TPSA) is 0 Å². The average Bonchev–Trinajstić information content (AvgIpc) is 2.68. The maximum Gasteiger partial charge on any atom is 0.00947 e. The van der Waals surface area contributed by atoms with Gasteiger partial charge in [0.05, 0.1) is 0 Å². The van der Waals surface area contributed by atoms with Crippen molar-refractivity contribution in [3.8, 4) is 0 Å². The fourth-order valence-electron chi connectivity index (χ4n) is 3.41. The molecule has 1 aliphatic rings. The van der Waals surface area contributed by atoms with Crippen LogP contribution in [0.1, 0.15) is 48.8 Å². The Bertz CT molecular complexity index is 527. The van der Waals surface area contributed by atoms with Crippen LogP contribution in [-0.4, -0.2) is 0 Å². The van der Waals surface area contributed by atoms with E-state index in [4.69, 9.17) is 0 Å². The normalized spacial score (nSPS) is 22.6. The van der Waals surface area contributed by atoms with Crippen molar-refractivity contribution in [1.29, 1.82) is 0 Å². The summed E-state index contributed by atoms with van der Waals surface area (Å²) in [5.41, 5.74) is 4.60. The lowest BCUT2D eigenvalue weighted by molar-refractivity contribution is 0.430. The van der Waals surface area contributed by atoms with Gasteiger partial charge in [-0.15, -0.1) is 0 Å². The quantitative estimate of drug-likeness (QED) is 0.644. The summed E-state index contributed by atoms with van der Waals surface area (Å²) in [5, 5.41) is 0. The van der Waals surface area contributed by atoms with E-state index >= 15 is 0 Å².